The number of benzene rings is 1. The zero-order chi connectivity index (χ0) is 15.4. The second kappa shape index (κ2) is 7.05. The number of hydrogen-bond acceptors (Lipinski definition) is 4. The highest BCUT2D eigenvalue weighted by Gasteiger charge is 2.33. The van der Waals surface area contributed by atoms with Crippen molar-refractivity contribution in [2.45, 2.75) is 52.2 Å². The molecule has 0 bridgehead atoms. The second-order valence-electron chi connectivity index (χ2n) is 5.96. The molecule has 0 unspecified atom stereocenters. The summed E-state index contributed by atoms with van der Waals surface area (Å²) in [4.78, 5) is 13.3. The SMILES string of the molecule is CC(=O)OC[C@H]1CC[C@H](CO)N1Cc1ccc(C)c(C)c1. The lowest BCUT2D eigenvalue weighted by Gasteiger charge is -2.29. The fourth-order valence-corrected chi connectivity index (χ4v) is 2.97. The molecule has 4 heteroatoms. The van der Waals surface area contributed by atoms with Crippen LogP contribution in [0, 0.1) is 13.8 Å². The second-order valence-corrected chi connectivity index (χ2v) is 5.96. The van der Waals surface area contributed by atoms with Gasteiger partial charge in [-0.1, -0.05) is 18.2 Å². The summed E-state index contributed by atoms with van der Waals surface area (Å²) in [6, 6.07) is 6.83. The standard InChI is InChI=1S/C17H25NO3/c1-12-4-5-15(8-13(12)2)9-18-16(10-19)6-7-17(18)11-21-14(3)20/h4-5,8,16-17,19H,6-7,9-11H2,1-3H3/t16-,17-/m1/s1. The Labute approximate surface area is 126 Å². The van der Waals surface area contributed by atoms with Gasteiger partial charge in [0.1, 0.15) is 6.61 Å². The molecule has 0 aromatic heterocycles. The van der Waals surface area contributed by atoms with Gasteiger partial charge in [-0.25, -0.2) is 0 Å². The summed E-state index contributed by atoms with van der Waals surface area (Å²) >= 11 is 0. The Morgan fingerprint density at radius 3 is 2.62 bits per heavy atom. The molecule has 1 heterocycles. The fourth-order valence-electron chi connectivity index (χ4n) is 2.97. The Hall–Kier alpha value is -1.39. The number of hydrogen-bond donors (Lipinski definition) is 1. The fraction of sp³-hybridized carbons (Fsp3) is 0.588. The molecule has 1 aliphatic rings. The first-order valence-electron chi connectivity index (χ1n) is 7.57. The molecule has 1 aromatic carbocycles. The van der Waals surface area contributed by atoms with Crippen LogP contribution in [0.4, 0.5) is 0 Å². The molecule has 21 heavy (non-hydrogen) atoms. The number of likely N-dealkylation sites (tertiary alicyclic amines) is 1. The Morgan fingerprint density at radius 2 is 2.00 bits per heavy atom. The molecule has 0 aliphatic carbocycles. The molecule has 1 aromatic rings. The molecule has 2 rings (SSSR count). The molecule has 0 amide bonds. The summed E-state index contributed by atoms with van der Waals surface area (Å²) < 4.78 is 5.17. The van der Waals surface area contributed by atoms with E-state index in [-0.39, 0.29) is 24.7 Å². The van der Waals surface area contributed by atoms with E-state index in [1.54, 1.807) is 0 Å². The molecular weight excluding hydrogens is 266 g/mol. The minimum atomic E-state index is -0.242. The molecule has 2 atom stereocenters. The minimum absolute atomic E-state index is 0.154. The van der Waals surface area contributed by atoms with E-state index in [0.717, 1.165) is 19.4 Å². The highest BCUT2D eigenvalue weighted by atomic mass is 16.5. The number of nitrogens with zero attached hydrogens (tertiary/aromatic N) is 1. The zero-order valence-corrected chi connectivity index (χ0v) is 13.1. The van der Waals surface area contributed by atoms with E-state index in [1.165, 1.54) is 23.6 Å². The van der Waals surface area contributed by atoms with Gasteiger partial charge in [0.25, 0.3) is 0 Å². The Balaban J connectivity index is 2.08. The maximum atomic E-state index is 11.0. The average Bonchev–Trinajstić information content (AvgIpc) is 2.82. The van der Waals surface area contributed by atoms with E-state index in [2.05, 4.69) is 36.9 Å². The number of ether oxygens (including phenoxy) is 1. The van der Waals surface area contributed by atoms with Gasteiger partial charge in [-0.15, -0.1) is 0 Å². The van der Waals surface area contributed by atoms with Crippen LogP contribution in [0.25, 0.3) is 0 Å². The van der Waals surface area contributed by atoms with Crippen LogP contribution in [0.2, 0.25) is 0 Å². The van der Waals surface area contributed by atoms with Gasteiger partial charge < -0.3 is 9.84 Å². The molecule has 1 saturated heterocycles. The third kappa shape index (κ3) is 4.05. The highest BCUT2D eigenvalue weighted by molar-refractivity contribution is 5.65. The number of aryl methyl sites for hydroxylation is 2. The lowest BCUT2D eigenvalue weighted by atomic mass is 10.1. The smallest absolute Gasteiger partial charge is 0.302 e. The lowest BCUT2D eigenvalue weighted by Crippen LogP contribution is -2.40. The van der Waals surface area contributed by atoms with Gasteiger partial charge in [0.15, 0.2) is 0 Å². The van der Waals surface area contributed by atoms with Gasteiger partial charge in [-0.2, -0.15) is 0 Å². The van der Waals surface area contributed by atoms with Crippen LogP contribution in [0.1, 0.15) is 36.5 Å². The molecule has 4 nitrogen and oxygen atoms in total. The van der Waals surface area contributed by atoms with Crippen LogP contribution in [-0.4, -0.2) is 41.3 Å². The predicted molar refractivity (Wildman–Crippen MR) is 82.0 cm³/mol. The molecule has 1 N–H and O–H groups in total. The number of esters is 1. The Morgan fingerprint density at radius 1 is 1.29 bits per heavy atom. The summed E-state index contributed by atoms with van der Waals surface area (Å²) in [5, 5.41) is 9.56. The van der Waals surface area contributed by atoms with Crippen molar-refractivity contribution in [2.75, 3.05) is 13.2 Å². The van der Waals surface area contributed by atoms with Gasteiger partial charge in [-0.05, 0) is 43.4 Å². The first-order valence-corrected chi connectivity index (χ1v) is 7.57. The van der Waals surface area contributed by atoms with Crippen molar-refractivity contribution in [1.29, 1.82) is 0 Å². The van der Waals surface area contributed by atoms with Crippen LogP contribution in [-0.2, 0) is 16.1 Å². The van der Waals surface area contributed by atoms with E-state index >= 15 is 0 Å². The zero-order valence-electron chi connectivity index (χ0n) is 13.1. The van der Waals surface area contributed by atoms with Gasteiger partial charge in [0.2, 0.25) is 0 Å². The number of rotatable bonds is 5. The van der Waals surface area contributed by atoms with Crippen molar-refractivity contribution >= 4 is 5.97 Å². The van der Waals surface area contributed by atoms with Crippen molar-refractivity contribution < 1.29 is 14.6 Å². The largest absolute Gasteiger partial charge is 0.464 e. The number of carbonyl (C=O) groups excluding carboxylic acids is 1. The topological polar surface area (TPSA) is 49.8 Å². The maximum absolute atomic E-state index is 11.0. The molecule has 1 aliphatic heterocycles. The van der Waals surface area contributed by atoms with Crippen molar-refractivity contribution in [3.63, 3.8) is 0 Å². The van der Waals surface area contributed by atoms with Crippen LogP contribution in [0.5, 0.6) is 0 Å². The Kier molecular flexibility index (Phi) is 5.37. The van der Waals surface area contributed by atoms with Crippen LogP contribution in [0.3, 0.4) is 0 Å². The third-order valence-electron chi connectivity index (χ3n) is 4.40. The third-order valence-corrected chi connectivity index (χ3v) is 4.40. The van der Waals surface area contributed by atoms with E-state index in [4.69, 9.17) is 4.74 Å². The summed E-state index contributed by atoms with van der Waals surface area (Å²) in [6.45, 7) is 7.01. The van der Waals surface area contributed by atoms with E-state index in [9.17, 15) is 9.90 Å². The van der Waals surface area contributed by atoms with E-state index in [1.807, 2.05) is 0 Å². The van der Waals surface area contributed by atoms with Crippen molar-refractivity contribution in [3.05, 3.63) is 34.9 Å². The van der Waals surface area contributed by atoms with Crippen LogP contribution < -0.4 is 0 Å². The molecule has 0 spiro atoms. The van der Waals surface area contributed by atoms with Gasteiger partial charge in [-0.3, -0.25) is 9.69 Å². The van der Waals surface area contributed by atoms with Crippen LogP contribution in [0.15, 0.2) is 18.2 Å². The van der Waals surface area contributed by atoms with Gasteiger partial charge in [0, 0.05) is 25.6 Å². The van der Waals surface area contributed by atoms with Crippen molar-refractivity contribution in [3.8, 4) is 0 Å². The van der Waals surface area contributed by atoms with Gasteiger partial charge in [0.05, 0.1) is 6.61 Å². The maximum Gasteiger partial charge on any atom is 0.302 e. The van der Waals surface area contributed by atoms with E-state index in [0.29, 0.717) is 6.61 Å². The normalized spacial score (nSPS) is 22.5. The summed E-state index contributed by atoms with van der Waals surface area (Å²) in [7, 11) is 0. The molecule has 0 radical (unpaired) electrons. The average molecular weight is 291 g/mol. The molecular formula is C17H25NO3. The van der Waals surface area contributed by atoms with Crippen LogP contribution >= 0.6 is 0 Å². The Bertz CT molecular complexity index is 501. The highest BCUT2D eigenvalue weighted by Crippen LogP contribution is 2.27. The number of aliphatic hydroxyl groups is 1. The molecule has 116 valence electrons. The van der Waals surface area contributed by atoms with Crippen molar-refractivity contribution in [2.24, 2.45) is 0 Å². The monoisotopic (exact) mass is 291 g/mol. The summed E-state index contributed by atoms with van der Waals surface area (Å²) in [6.07, 6.45) is 1.91. The number of carbonyl (C=O) groups is 1. The summed E-state index contributed by atoms with van der Waals surface area (Å²) in [5.41, 5.74) is 3.81. The van der Waals surface area contributed by atoms with Crippen molar-refractivity contribution in [1.82, 2.24) is 4.90 Å². The van der Waals surface area contributed by atoms with Gasteiger partial charge >= 0.3 is 5.97 Å². The summed E-state index contributed by atoms with van der Waals surface area (Å²) in [5.74, 6) is -0.242. The first-order chi connectivity index (χ1) is 10.0. The van der Waals surface area contributed by atoms with E-state index < -0.39 is 0 Å². The molecule has 1 fully saturated rings. The molecule has 0 saturated carbocycles. The number of aliphatic hydroxyl groups excluding tert-OH is 1. The first kappa shape index (κ1) is 16.0. The lowest BCUT2D eigenvalue weighted by molar-refractivity contribution is -0.142. The minimum Gasteiger partial charge on any atom is -0.464 e. The predicted octanol–water partition coefficient (Wildman–Crippen LogP) is 2.19. The quantitative estimate of drug-likeness (QED) is 0.845.